The van der Waals surface area contributed by atoms with E-state index in [-0.39, 0.29) is 5.78 Å². The molecule has 2 nitrogen and oxygen atoms in total. The Bertz CT molecular complexity index is 836. The molecule has 0 amide bonds. The quantitative estimate of drug-likeness (QED) is 0.589. The Kier molecular flexibility index (Phi) is 4.87. The smallest absolute Gasteiger partial charge is 0.196 e. The molecule has 0 N–H and O–H groups in total. The molecule has 2 heteroatoms. The van der Waals surface area contributed by atoms with Gasteiger partial charge in [0, 0.05) is 5.56 Å². The standard InChI is InChI=1S/C22H18O2/c1-2-17-13-14-20(22(23)19-11-7-4-8-12-19)21(15-17)24-16-18-9-5-3-6-10-18/h2-15H,1,16H2. The first-order valence-electron chi connectivity index (χ1n) is 7.81. The number of rotatable bonds is 6. The Hall–Kier alpha value is -3.13. The van der Waals surface area contributed by atoms with Crippen molar-refractivity contribution >= 4 is 11.9 Å². The first kappa shape index (κ1) is 15.8. The third-order valence-electron chi connectivity index (χ3n) is 3.76. The fourth-order valence-electron chi connectivity index (χ4n) is 2.45. The molecular formula is C22H18O2. The highest BCUT2D eigenvalue weighted by molar-refractivity contribution is 6.10. The molecule has 0 heterocycles. The monoisotopic (exact) mass is 314 g/mol. The molecule has 24 heavy (non-hydrogen) atoms. The van der Waals surface area contributed by atoms with Gasteiger partial charge in [-0.25, -0.2) is 0 Å². The van der Waals surface area contributed by atoms with Gasteiger partial charge in [0.15, 0.2) is 5.78 Å². The molecule has 0 bridgehead atoms. The highest BCUT2D eigenvalue weighted by Gasteiger charge is 2.15. The fraction of sp³-hybridized carbons (Fsp3) is 0.0455. The predicted molar refractivity (Wildman–Crippen MR) is 97.2 cm³/mol. The topological polar surface area (TPSA) is 26.3 Å². The molecule has 3 aromatic rings. The van der Waals surface area contributed by atoms with Crippen LogP contribution in [-0.2, 0) is 6.61 Å². The molecule has 0 saturated carbocycles. The third kappa shape index (κ3) is 3.61. The molecule has 0 spiro atoms. The molecule has 0 atom stereocenters. The maximum Gasteiger partial charge on any atom is 0.196 e. The first-order chi connectivity index (χ1) is 11.8. The van der Waals surface area contributed by atoms with Gasteiger partial charge in [0.1, 0.15) is 12.4 Å². The zero-order chi connectivity index (χ0) is 16.8. The summed E-state index contributed by atoms with van der Waals surface area (Å²) in [4.78, 5) is 12.8. The Labute approximate surface area is 142 Å². The van der Waals surface area contributed by atoms with Gasteiger partial charge in [-0.05, 0) is 23.3 Å². The molecule has 0 fully saturated rings. The average Bonchev–Trinajstić information content (AvgIpc) is 2.67. The van der Waals surface area contributed by atoms with Gasteiger partial charge in [-0.15, -0.1) is 0 Å². The maximum atomic E-state index is 12.8. The number of ether oxygens (including phenoxy) is 1. The van der Waals surface area contributed by atoms with Crippen molar-refractivity contribution in [3.63, 3.8) is 0 Å². The minimum Gasteiger partial charge on any atom is -0.488 e. The number of hydrogen-bond acceptors (Lipinski definition) is 2. The summed E-state index contributed by atoms with van der Waals surface area (Å²) in [5.41, 5.74) is 3.18. The Morgan fingerprint density at radius 3 is 2.25 bits per heavy atom. The molecular weight excluding hydrogens is 296 g/mol. The predicted octanol–water partition coefficient (Wildman–Crippen LogP) is 5.14. The molecule has 118 valence electrons. The normalized spacial score (nSPS) is 10.2. The SMILES string of the molecule is C=Cc1ccc(C(=O)c2ccccc2)c(OCc2ccccc2)c1. The molecule has 0 aliphatic carbocycles. The van der Waals surface area contributed by atoms with Crippen LogP contribution in [0.25, 0.3) is 6.08 Å². The number of carbonyl (C=O) groups is 1. The van der Waals surface area contributed by atoms with Crippen LogP contribution < -0.4 is 4.74 Å². The van der Waals surface area contributed by atoms with E-state index in [1.165, 1.54) is 0 Å². The van der Waals surface area contributed by atoms with E-state index in [0.717, 1.165) is 11.1 Å². The highest BCUT2D eigenvalue weighted by Crippen LogP contribution is 2.25. The molecule has 0 aromatic heterocycles. The second kappa shape index (κ2) is 7.42. The van der Waals surface area contributed by atoms with Crippen molar-refractivity contribution in [1.29, 1.82) is 0 Å². The summed E-state index contributed by atoms with van der Waals surface area (Å²) in [7, 11) is 0. The molecule has 0 unspecified atom stereocenters. The minimum absolute atomic E-state index is 0.0470. The van der Waals surface area contributed by atoms with Crippen LogP contribution in [0.2, 0.25) is 0 Å². The van der Waals surface area contributed by atoms with Crippen molar-refractivity contribution in [2.75, 3.05) is 0 Å². The summed E-state index contributed by atoms with van der Waals surface area (Å²) in [5.74, 6) is 0.527. The van der Waals surface area contributed by atoms with Gasteiger partial charge in [0.05, 0.1) is 5.56 Å². The number of carbonyl (C=O) groups excluding carboxylic acids is 1. The lowest BCUT2D eigenvalue weighted by molar-refractivity contribution is 0.103. The van der Waals surface area contributed by atoms with E-state index in [1.807, 2.05) is 72.8 Å². The summed E-state index contributed by atoms with van der Waals surface area (Å²) in [6.45, 7) is 4.20. The average molecular weight is 314 g/mol. The van der Waals surface area contributed by atoms with Crippen molar-refractivity contribution < 1.29 is 9.53 Å². The summed E-state index contributed by atoms with van der Waals surface area (Å²) >= 11 is 0. The molecule has 0 radical (unpaired) electrons. The summed E-state index contributed by atoms with van der Waals surface area (Å²) in [6, 6.07) is 24.6. The third-order valence-corrected chi connectivity index (χ3v) is 3.76. The summed E-state index contributed by atoms with van der Waals surface area (Å²) < 4.78 is 5.94. The second-order valence-corrected chi connectivity index (χ2v) is 5.43. The van der Waals surface area contributed by atoms with Gasteiger partial charge in [-0.3, -0.25) is 4.79 Å². The largest absolute Gasteiger partial charge is 0.488 e. The Balaban J connectivity index is 1.91. The lowest BCUT2D eigenvalue weighted by Gasteiger charge is -2.12. The van der Waals surface area contributed by atoms with Gasteiger partial charge in [-0.1, -0.05) is 79.4 Å². The van der Waals surface area contributed by atoms with Crippen LogP contribution in [0.5, 0.6) is 5.75 Å². The van der Waals surface area contributed by atoms with E-state index in [9.17, 15) is 4.79 Å². The zero-order valence-corrected chi connectivity index (χ0v) is 13.3. The highest BCUT2D eigenvalue weighted by atomic mass is 16.5. The lowest BCUT2D eigenvalue weighted by Crippen LogP contribution is -2.06. The lowest BCUT2D eigenvalue weighted by atomic mass is 10.0. The van der Waals surface area contributed by atoms with Crippen LogP contribution in [0.3, 0.4) is 0 Å². The minimum atomic E-state index is -0.0470. The van der Waals surface area contributed by atoms with Gasteiger partial charge in [0.2, 0.25) is 0 Å². The van der Waals surface area contributed by atoms with E-state index in [2.05, 4.69) is 6.58 Å². The van der Waals surface area contributed by atoms with Crippen molar-refractivity contribution in [3.8, 4) is 5.75 Å². The van der Waals surface area contributed by atoms with E-state index in [0.29, 0.717) is 23.5 Å². The second-order valence-electron chi connectivity index (χ2n) is 5.43. The first-order valence-corrected chi connectivity index (χ1v) is 7.81. The van der Waals surface area contributed by atoms with Gasteiger partial charge in [-0.2, -0.15) is 0 Å². The molecule has 0 saturated heterocycles. The maximum absolute atomic E-state index is 12.8. The van der Waals surface area contributed by atoms with Gasteiger partial charge in [0.25, 0.3) is 0 Å². The van der Waals surface area contributed by atoms with Crippen LogP contribution >= 0.6 is 0 Å². The van der Waals surface area contributed by atoms with Crippen molar-refractivity contribution in [1.82, 2.24) is 0 Å². The van der Waals surface area contributed by atoms with Gasteiger partial charge >= 0.3 is 0 Å². The van der Waals surface area contributed by atoms with Crippen molar-refractivity contribution in [2.45, 2.75) is 6.61 Å². The van der Waals surface area contributed by atoms with Crippen LogP contribution in [0, 0.1) is 0 Å². The fourth-order valence-corrected chi connectivity index (χ4v) is 2.45. The zero-order valence-electron chi connectivity index (χ0n) is 13.3. The van der Waals surface area contributed by atoms with E-state index >= 15 is 0 Å². The summed E-state index contributed by atoms with van der Waals surface area (Å²) in [5, 5.41) is 0. The Morgan fingerprint density at radius 1 is 0.917 bits per heavy atom. The molecule has 3 aromatic carbocycles. The molecule has 0 aliphatic rings. The number of ketones is 1. The van der Waals surface area contributed by atoms with E-state index in [4.69, 9.17) is 4.74 Å². The Morgan fingerprint density at radius 2 is 1.58 bits per heavy atom. The van der Waals surface area contributed by atoms with Crippen molar-refractivity contribution in [2.24, 2.45) is 0 Å². The van der Waals surface area contributed by atoms with Crippen LogP contribution in [-0.4, -0.2) is 5.78 Å². The van der Waals surface area contributed by atoms with Crippen LogP contribution in [0.4, 0.5) is 0 Å². The van der Waals surface area contributed by atoms with E-state index < -0.39 is 0 Å². The summed E-state index contributed by atoms with van der Waals surface area (Å²) in [6.07, 6.45) is 1.74. The van der Waals surface area contributed by atoms with Gasteiger partial charge < -0.3 is 4.74 Å². The van der Waals surface area contributed by atoms with Crippen molar-refractivity contribution in [3.05, 3.63) is 108 Å². The van der Waals surface area contributed by atoms with E-state index in [1.54, 1.807) is 12.1 Å². The van der Waals surface area contributed by atoms with Crippen LogP contribution in [0.15, 0.2) is 85.4 Å². The molecule has 0 aliphatic heterocycles. The number of hydrogen-bond donors (Lipinski definition) is 0. The molecule has 3 rings (SSSR count). The number of benzene rings is 3. The van der Waals surface area contributed by atoms with Crippen LogP contribution in [0.1, 0.15) is 27.0 Å².